The van der Waals surface area contributed by atoms with Crippen LogP contribution in [-0.4, -0.2) is 16.3 Å². The summed E-state index contributed by atoms with van der Waals surface area (Å²) in [4.78, 5) is 0. The maximum atomic E-state index is 8.89. The predicted molar refractivity (Wildman–Crippen MR) is 29.6 cm³/mol. The zero-order valence-electron chi connectivity index (χ0n) is 4.59. The van der Waals surface area contributed by atoms with Gasteiger partial charge in [-0.3, -0.25) is 0 Å². The van der Waals surface area contributed by atoms with E-state index in [0.717, 1.165) is 0 Å². The summed E-state index contributed by atoms with van der Waals surface area (Å²) in [6, 6.07) is 0. The molecule has 1 fully saturated rings. The van der Waals surface area contributed by atoms with E-state index < -0.39 is 6.10 Å². The Labute approximate surface area is 48.5 Å². The fraction of sp³-hybridized carbons (Fsp3) is 0.500. The lowest BCUT2D eigenvalue weighted by Crippen LogP contribution is -2.02. The Morgan fingerprint density at radius 2 is 2.25 bits per heavy atom. The molecular formula is C6H9O2. The highest BCUT2D eigenvalue weighted by molar-refractivity contribution is 5.23. The van der Waals surface area contributed by atoms with Gasteiger partial charge in [0.1, 0.15) is 6.10 Å². The molecule has 1 unspecified atom stereocenters. The minimum atomic E-state index is -0.491. The van der Waals surface area contributed by atoms with Gasteiger partial charge in [0.05, 0.1) is 6.10 Å². The third-order valence-corrected chi connectivity index (χ3v) is 1.43. The highest BCUT2D eigenvalue weighted by Gasteiger charge is 2.25. The predicted octanol–water partition coefficient (Wildman–Crippen LogP) is 0.602. The number of hydrogen-bond acceptors (Lipinski definition) is 2. The summed E-state index contributed by atoms with van der Waals surface area (Å²) in [7, 11) is 0. The summed E-state index contributed by atoms with van der Waals surface area (Å²) >= 11 is 0. The van der Waals surface area contributed by atoms with E-state index in [1.165, 1.54) is 0 Å². The molecule has 2 N–H and O–H groups in total. The van der Waals surface area contributed by atoms with Crippen molar-refractivity contribution in [2.75, 3.05) is 0 Å². The molecule has 0 bridgehead atoms. The van der Waals surface area contributed by atoms with Crippen LogP contribution in [0.5, 0.6) is 0 Å². The van der Waals surface area contributed by atoms with Crippen LogP contribution in [0.25, 0.3) is 0 Å². The number of rotatable bonds is 0. The van der Waals surface area contributed by atoms with Gasteiger partial charge in [-0.2, -0.15) is 0 Å². The van der Waals surface area contributed by atoms with Crippen LogP contribution in [-0.2, 0) is 0 Å². The quantitative estimate of drug-likeness (QED) is 0.483. The highest BCUT2D eigenvalue weighted by Crippen LogP contribution is 2.28. The van der Waals surface area contributed by atoms with Crippen LogP contribution in [0.3, 0.4) is 0 Å². The molecule has 45 valence electrons. The molecule has 2 nitrogen and oxygen atoms in total. The van der Waals surface area contributed by atoms with Crippen molar-refractivity contribution in [3.8, 4) is 0 Å². The van der Waals surface area contributed by atoms with Gasteiger partial charge in [-0.15, -0.1) is 0 Å². The molecule has 1 rings (SSSR count). The van der Waals surface area contributed by atoms with Crippen LogP contribution in [0.15, 0.2) is 12.2 Å². The number of hydrogen-bond donors (Lipinski definition) is 2. The summed E-state index contributed by atoms with van der Waals surface area (Å²) in [6.45, 7) is 3.48. The van der Waals surface area contributed by atoms with E-state index >= 15 is 0 Å². The molecule has 1 atom stereocenters. The molecular weight excluding hydrogens is 104 g/mol. The Morgan fingerprint density at radius 3 is 2.38 bits per heavy atom. The van der Waals surface area contributed by atoms with Gasteiger partial charge in [-0.25, -0.2) is 0 Å². The molecule has 1 aliphatic carbocycles. The third-order valence-electron chi connectivity index (χ3n) is 1.43. The number of aliphatic hydroxyl groups excluding tert-OH is 2. The molecule has 0 aromatic rings. The van der Waals surface area contributed by atoms with Crippen molar-refractivity contribution in [1.29, 1.82) is 0 Å². The fourth-order valence-corrected chi connectivity index (χ4v) is 0.801. The first kappa shape index (κ1) is 5.79. The van der Waals surface area contributed by atoms with Crippen molar-refractivity contribution < 1.29 is 10.2 Å². The monoisotopic (exact) mass is 113 g/mol. The van der Waals surface area contributed by atoms with Gasteiger partial charge in [0.25, 0.3) is 0 Å². The normalized spacial score (nSPS) is 31.8. The summed E-state index contributed by atoms with van der Waals surface area (Å²) in [5.74, 6) is 0. The summed E-state index contributed by atoms with van der Waals surface area (Å²) < 4.78 is 0. The van der Waals surface area contributed by atoms with Crippen LogP contribution in [0.1, 0.15) is 12.8 Å². The highest BCUT2D eigenvalue weighted by atomic mass is 16.3. The molecule has 0 aromatic carbocycles. The van der Waals surface area contributed by atoms with Gasteiger partial charge in [0.2, 0.25) is 0 Å². The molecule has 8 heavy (non-hydrogen) atoms. The van der Waals surface area contributed by atoms with Crippen molar-refractivity contribution >= 4 is 0 Å². The Hall–Kier alpha value is -0.340. The van der Waals surface area contributed by atoms with E-state index in [-0.39, 0.29) is 6.10 Å². The molecule has 0 saturated heterocycles. The maximum absolute atomic E-state index is 8.89. The first-order valence-electron chi connectivity index (χ1n) is 2.64. The van der Waals surface area contributed by atoms with E-state index in [9.17, 15) is 0 Å². The zero-order valence-corrected chi connectivity index (χ0v) is 4.59. The summed E-state index contributed by atoms with van der Waals surface area (Å²) in [5.41, 5.74) is 0.491. The largest absolute Gasteiger partial charge is 0.389 e. The second-order valence-electron chi connectivity index (χ2n) is 2.03. The van der Waals surface area contributed by atoms with Crippen molar-refractivity contribution in [3.63, 3.8) is 0 Å². The topological polar surface area (TPSA) is 40.5 Å². The van der Waals surface area contributed by atoms with E-state index in [2.05, 4.69) is 6.58 Å². The van der Waals surface area contributed by atoms with Gasteiger partial charge < -0.3 is 10.2 Å². The fourth-order valence-electron chi connectivity index (χ4n) is 0.801. The maximum Gasteiger partial charge on any atom is 0.120 e. The van der Waals surface area contributed by atoms with Gasteiger partial charge in [-0.1, -0.05) is 6.58 Å². The van der Waals surface area contributed by atoms with Gasteiger partial charge in [0.15, 0.2) is 0 Å². The molecule has 0 aromatic heterocycles. The minimum Gasteiger partial charge on any atom is -0.389 e. The van der Waals surface area contributed by atoms with Crippen LogP contribution < -0.4 is 0 Å². The molecule has 0 spiro atoms. The third kappa shape index (κ3) is 0.767. The first-order chi connectivity index (χ1) is 3.72. The minimum absolute atomic E-state index is 0.262. The first-order valence-corrected chi connectivity index (χ1v) is 2.64. The average molecular weight is 113 g/mol. The van der Waals surface area contributed by atoms with E-state index in [4.69, 9.17) is 10.2 Å². The molecule has 1 saturated carbocycles. The SMILES string of the molecule is C=C1[C](O)CCC1O. The Bertz CT molecular complexity index is 97.1. The second-order valence-corrected chi connectivity index (χ2v) is 2.03. The van der Waals surface area contributed by atoms with Crippen molar-refractivity contribution in [2.24, 2.45) is 0 Å². The van der Waals surface area contributed by atoms with Crippen LogP contribution in [0.4, 0.5) is 0 Å². The van der Waals surface area contributed by atoms with Crippen molar-refractivity contribution in [3.05, 3.63) is 18.3 Å². The molecule has 1 aliphatic rings. The van der Waals surface area contributed by atoms with Crippen LogP contribution in [0.2, 0.25) is 0 Å². The lowest BCUT2D eigenvalue weighted by atomic mass is 10.2. The van der Waals surface area contributed by atoms with Gasteiger partial charge >= 0.3 is 0 Å². The average Bonchev–Trinajstić information content (AvgIpc) is 1.98. The van der Waals surface area contributed by atoms with E-state index in [0.29, 0.717) is 18.4 Å². The standard InChI is InChI=1S/C6H9O2/c1-4-5(7)2-3-6(4)8/h5,7-8H,1-3H2. The summed E-state index contributed by atoms with van der Waals surface area (Å²) in [5, 5.41) is 17.7. The Morgan fingerprint density at radius 1 is 1.62 bits per heavy atom. The second kappa shape index (κ2) is 1.88. The molecule has 0 heterocycles. The number of aliphatic hydroxyl groups is 2. The molecule has 2 heteroatoms. The zero-order chi connectivity index (χ0) is 6.15. The van der Waals surface area contributed by atoms with E-state index in [1.54, 1.807) is 0 Å². The van der Waals surface area contributed by atoms with Crippen LogP contribution >= 0.6 is 0 Å². The molecule has 0 aliphatic heterocycles. The van der Waals surface area contributed by atoms with Crippen LogP contribution in [0, 0.1) is 6.10 Å². The van der Waals surface area contributed by atoms with Crippen molar-refractivity contribution in [1.82, 2.24) is 0 Å². The molecule has 0 amide bonds. The van der Waals surface area contributed by atoms with E-state index in [1.807, 2.05) is 0 Å². The lowest BCUT2D eigenvalue weighted by Gasteiger charge is -2.01. The van der Waals surface area contributed by atoms with Gasteiger partial charge in [-0.05, 0) is 18.4 Å². The van der Waals surface area contributed by atoms with Crippen molar-refractivity contribution in [2.45, 2.75) is 18.9 Å². The summed E-state index contributed by atoms with van der Waals surface area (Å²) in [6.07, 6.45) is 0.984. The van der Waals surface area contributed by atoms with Gasteiger partial charge in [0, 0.05) is 0 Å². The molecule has 1 radical (unpaired) electrons. The smallest absolute Gasteiger partial charge is 0.120 e. The lowest BCUT2D eigenvalue weighted by molar-refractivity contribution is 0.216. The Balaban J connectivity index is 2.57. The Kier molecular flexibility index (Phi) is 1.36.